The normalized spacial score (nSPS) is 17.6. The Kier molecular flexibility index (Phi) is 7.76. The quantitative estimate of drug-likeness (QED) is 0.325. The summed E-state index contributed by atoms with van der Waals surface area (Å²) < 4.78 is 0. The molecule has 0 radical (unpaired) electrons. The number of nitro benzene ring substituents is 1. The number of rotatable bonds is 5. The minimum absolute atomic E-state index is 0.0811. The number of hydrogen-bond acceptors (Lipinski definition) is 5. The van der Waals surface area contributed by atoms with E-state index in [1.807, 2.05) is 43.9 Å². The Morgan fingerprint density at radius 3 is 1.72 bits per heavy atom. The molecule has 0 unspecified atom stereocenters. The second-order valence-electron chi connectivity index (χ2n) is 10.9. The average molecular weight is 495 g/mol. The first kappa shape index (κ1) is 27.2. The number of nitrogens with zero attached hydrogens (tertiary/aromatic N) is 3. The lowest BCUT2D eigenvalue weighted by atomic mass is 9.77. The van der Waals surface area contributed by atoms with E-state index in [1.165, 1.54) is 11.6 Å². The van der Waals surface area contributed by atoms with Crippen molar-refractivity contribution in [2.24, 2.45) is 0 Å². The number of nitrogen functional groups attached to an aromatic ring is 1. The summed E-state index contributed by atoms with van der Waals surface area (Å²) in [6, 6.07) is 10.6. The number of non-ortho nitro benzene ring substituents is 1. The molecule has 194 valence electrons. The maximum Gasteiger partial charge on any atom is 0.269 e. The number of hydrogen-bond donors (Lipinski definition) is 1. The molecule has 0 spiro atoms. The molecule has 2 aliphatic heterocycles. The lowest BCUT2D eigenvalue weighted by Gasteiger charge is -2.38. The molecule has 0 bridgehead atoms. The molecular formula is C28H38N4O4. The van der Waals surface area contributed by atoms with Crippen LogP contribution in [0.2, 0.25) is 0 Å². The zero-order chi connectivity index (χ0) is 26.8. The Bertz CT molecular complexity index is 1170. The van der Waals surface area contributed by atoms with Crippen molar-refractivity contribution in [3.63, 3.8) is 0 Å². The SMILES string of the molecule is CCCN1C(=O)CC(C)(C)c2cc(N)ccc21.CCCN1C(=O)CC(C)(C)c2cc([N+](=O)[O-])ccc21. The van der Waals surface area contributed by atoms with E-state index in [9.17, 15) is 19.7 Å². The number of fused-ring (bicyclic) bond motifs is 2. The number of amides is 2. The highest BCUT2D eigenvalue weighted by molar-refractivity contribution is 5.98. The standard InChI is InChI=1S/C14H18N2O3.C14H20N2O/c1-4-7-15-12-6-5-10(16(18)19)8-11(12)14(2,3)9-13(15)17;1-4-7-16-12-6-5-10(15)8-11(12)14(2,3)9-13(16)17/h5-6,8H,4,7,9H2,1-3H3;5-6,8H,4,7,9,15H2,1-3H3. The highest BCUT2D eigenvalue weighted by Crippen LogP contribution is 2.42. The van der Waals surface area contributed by atoms with Crippen LogP contribution in [-0.4, -0.2) is 29.8 Å². The maximum absolute atomic E-state index is 12.2. The van der Waals surface area contributed by atoms with Crippen LogP contribution in [0.1, 0.15) is 78.4 Å². The largest absolute Gasteiger partial charge is 0.399 e. The first-order chi connectivity index (χ1) is 16.8. The van der Waals surface area contributed by atoms with Crippen LogP contribution in [0.25, 0.3) is 0 Å². The molecule has 0 aromatic heterocycles. The summed E-state index contributed by atoms with van der Waals surface area (Å²) in [5.41, 5.74) is 10.1. The van der Waals surface area contributed by atoms with Crippen molar-refractivity contribution in [3.05, 3.63) is 57.6 Å². The van der Waals surface area contributed by atoms with Gasteiger partial charge in [0.25, 0.3) is 5.69 Å². The monoisotopic (exact) mass is 494 g/mol. The number of carbonyl (C=O) groups is 2. The van der Waals surface area contributed by atoms with Crippen LogP contribution < -0.4 is 15.5 Å². The zero-order valence-electron chi connectivity index (χ0n) is 22.3. The topological polar surface area (TPSA) is 110 Å². The summed E-state index contributed by atoms with van der Waals surface area (Å²) in [6.07, 6.45) is 2.78. The van der Waals surface area contributed by atoms with E-state index in [-0.39, 0.29) is 28.3 Å². The maximum atomic E-state index is 12.2. The molecule has 0 atom stereocenters. The average Bonchev–Trinajstić information content (AvgIpc) is 2.79. The number of nitrogens with two attached hydrogens (primary N) is 1. The van der Waals surface area contributed by atoms with Gasteiger partial charge in [0.1, 0.15) is 0 Å². The molecule has 8 heteroatoms. The predicted octanol–water partition coefficient (Wildman–Crippen LogP) is 5.71. The Balaban J connectivity index is 0.000000202. The fraction of sp³-hybridized carbons (Fsp3) is 0.500. The predicted molar refractivity (Wildman–Crippen MR) is 145 cm³/mol. The van der Waals surface area contributed by atoms with Crippen molar-refractivity contribution < 1.29 is 14.5 Å². The van der Waals surface area contributed by atoms with Gasteiger partial charge in [0.05, 0.1) is 4.92 Å². The first-order valence-electron chi connectivity index (χ1n) is 12.6. The molecule has 0 saturated carbocycles. The fourth-order valence-electron chi connectivity index (χ4n) is 5.09. The van der Waals surface area contributed by atoms with Crippen LogP contribution in [-0.2, 0) is 20.4 Å². The summed E-state index contributed by atoms with van der Waals surface area (Å²) >= 11 is 0. The van der Waals surface area contributed by atoms with Crippen molar-refractivity contribution >= 4 is 34.6 Å². The van der Waals surface area contributed by atoms with Crippen LogP contribution in [0.3, 0.4) is 0 Å². The van der Waals surface area contributed by atoms with Gasteiger partial charge in [-0.25, -0.2) is 0 Å². The third-order valence-electron chi connectivity index (χ3n) is 6.93. The minimum Gasteiger partial charge on any atom is -0.399 e. The molecule has 2 amide bonds. The highest BCUT2D eigenvalue weighted by Gasteiger charge is 2.38. The summed E-state index contributed by atoms with van der Waals surface area (Å²) in [6.45, 7) is 13.7. The lowest BCUT2D eigenvalue weighted by molar-refractivity contribution is -0.385. The molecule has 0 saturated heterocycles. The van der Waals surface area contributed by atoms with Crippen molar-refractivity contribution in [2.45, 2.75) is 78.1 Å². The van der Waals surface area contributed by atoms with Crippen molar-refractivity contribution in [1.82, 2.24) is 0 Å². The summed E-state index contributed by atoms with van der Waals surface area (Å²) in [5.74, 6) is 0.308. The van der Waals surface area contributed by atoms with E-state index < -0.39 is 4.92 Å². The molecule has 2 heterocycles. The lowest BCUT2D eigenvalue weighted by Crippen LogP contribution is -2.42. The zero-order valence-corrected chi connectivity index (χ0v) is 22.3. The minimum atomic E-state index is -0.392. The van der Waals surface area contributed by atoms with Crippen LogP contribution in [0.5, 0.6) is 0 Å². The smallest absolute Gasteiger partial charge is 0.269 e. The molecule has 2 aromatic rings. The molecule has 8 nitrogen and oxygen atoms in total. The molecule has 4 rings (SSSR count). The van der Waals surface area contributed by atoms with E-state index in [2.05, 4.69) is 20.8 Å². The first-order valence-corrected chi connectivity index (χ1v) is 12.6. The van der Waals surface area contributed by atoms with Gasteiger partial charge in [-0.15, -0.1) is 0 Å². The highest BCUT2D eigenvalue weighted by atomic mass is 16.6. The van der Waals surface area contributed by atoms with Gasteiger partial charge in [-0.2, -0.15) is 0 Å². The number of nitro groups is 1. The van der Waals surface area contributed by atoms with Gasteiger partial charge in [0.15, 0.2) is 0 Å². The molecular weight excluding hydrogens is 456 g/mol. The Labute approximate surface area is 213 Å². The van der Waals surface area contributed by atoms with Crippen molar-refractivity contribution in [3.8, 4) is 0 Å². The second-order valence-corrected chi connectivity index (χ2v) is 10.9. The van der Waals surface area contributed by atoms with Gasteiger partial charge in [0.2, 0.25) is 11.8 Å². The molecule has 0 fully saturated rings. The Morgan fingerprint density at radius 1 is 0.833 bits per heavy atom. The third-order valence-corrected chi connectivity index (χ3v) is 6.93. The summed E-state index contributed by atoms with van der Waals surface area (Å²) in [4.78, 5) is 38.4. The van der Waals surface area contributed by atoms with E-state index in [0.29, 0.717) is 19.4 Å². The van der Waals surface area contributed by atoms with E-state index in [1.54, 1.807) is 17.0 Å². The molecule has 0 aliphatic carbocycles. The van der Waals surface area contributed by atoms with Crippen LogP contribution >= 0.6 is 0 Å². The Morgan fingerprint density at radius 2 is 1.28 bits per heavy atom. The third kappa shape index (κ3) is 5.37. The van der Waals surface area contributed by atoms with E-state index >= 15 is 0 Å². The summed E-state index contributed by atoms with van der Waals surface area (Å²) in [5, 5.41) is 10.9. The van der Waals surface area contributed by atoms with Gasteiger partial charge in [-0.05, 0) is 48.2 Å². The van der Waals surface area contributed by atoms with E-state index in [0.717, 1.165) is 42.0 Å². The van der Waals surface area contributed by atoms with Gasteiger partial charge < -0.3 is 15.5 Å². The molecule has 2 N–H and O–H groups in total. The van der Waals surface area contributed by atoms with Crippen LogP contribution in [0.4, 0.5) is 22.7 Å². The van der Waals surface area contributed by atoms with Gasteiger partial charge in [0, 0.05) is 66.0 Å². The number of anilines is 3. The number of carbonyl (C=O) groups excluding carboxylic acids is 2. The van der Waals surface area contributed by atoms with Crippen molar-refractivity contribution in [1.29, 1.82) is 0 Å². The fourth-order valence-corrected chi connectivity index (χ4v) is 5.09. The van der Waals surface area contributed by atoms with Crippen LogP contribution in [0, 0.1) is 10.1 Å². The van der Waals surface area contributed by atoms with Gasteiger partial charge in [-0.1, -0.05) is 41.5 Å². The van der Waals surface area contributed by atoms with Gasteiger partial charge >= 0.3 is 0 Å². The molecule has 2 aromatic carbocycles. The van der Waals surface area contributed by atoms with Crippen LogP contribution in [0.15, 0.2) is 36.4 Å². The second kappa shape index (κ2) is 10.3. The van der Waals surface area contributed by atoms with Gasteiger partial charge in [-0.3, -0.25) is 19.7 Å². The molecule has 2 aliphatic rings. The van der Waals surface area contributed by atoms with E-state index in [4.69, 9.17) is 5.73 Å². The summed E-state index contributed by atoms with van der Waals surface area (Å²) in [7, 11) is 0. The van der Waals surface area contributed by atoms with Crippen molar-refractivity contribution in [2.75, 3.05) is 28.6 Å². The number of benzene rings is 2. The Hall–Kier alpha value is -3.42. The molecule has 36 heavy (non-hydrogen) atoms.